The molecule has 1 saturated heterocycles. The molecular formula is C16H15BrN6O8S2. The van der Waals surface area contributed by atoms with Crippen molar-refractivity contribution in [3.8, 4) is 0 Å². The molecule has 3 rings (SSSR count). The second-order valence-electron chi connectivity index (χ2n) is 6.25. The molecule has 0 spiro atoms. The molecule has 2 aliphatic heterocycles. The number of carboxylic acid groups (broad SMARTS) is 1. The average Bonchev–Trinajstić information content (AvgIpc) is 3.12. The van der Waals surface area contributed by atoms with E-state index in [9.17, 15) is 29.1 Å². The lowest BCUT2D eigenvalue weighted by molar-refractivity contribution is -0.150. The number of nitrogens with zero attached hydrogens (tertiary/aromatic N) is 3. The topological polar surface area (TPSA) is 203 Å². The van der Waals surface area contributed by atoms with Gasteiger partial charge in [-0.3, -0.25) is 19.3 Å². The number of rotatable bonds is 9. The third-order valence-corrected chi connectivity index (χ3v) is 7.29. The molecule has 0 saturated carbocycles. The Hall–Kier alpha value is -3.18. The number of oxime groups is 1. The van der Waals surface area contributed by atoms with Crippen molar-refractivity contribution in [2.24, 2.45) is 10.9 Å². The zero-order valence-electron chi connectivity index (χ0n) is 16.6. The van der Waals surface area contributed by atoms with E-state index in [0.29, 0.717) is 10.2 Å². The quantitative estimate of drug-likeness (QED) is 0.133. The van der Waals surface area contributed by atoms with Gasteiger partial charge in [0.15, 0.2) is 10.8 Å². The van der Waals surface area contributed by atoms with Crippen LogP contribution < -0.4 is 16.4 Å². The number of ether oxygens (including phenoxy) is 1. The van der Waals surface area contributed by atoms with Crippen LogP contribution in [0.25, 0.3) is 0 Å². The van der Waals surface area contributed by atoms with Gasteiger partial charge in [-0.15, -0.1) is 11.8 Å². The van der Waals surface area contributed by atoms with E-state index in [2.05, 4.69) is 41.4 Å². The summed E-state index contributed by atoms with van der Waals surface area (Å²) in [6.45, 7) is -0.378. The van der Waals surface area contributed by atoms with Crippen molar-refractivity contribution in [3.05, 3.63) is 20.8 Å². The molecule has 0 bridgehead atoms. The number of β-lactam (4-membered cyclic amide) rings is 1. The van der Waals surface area contributed by atoms with Crippen LogP contribution in [0.1, 0.15) is 5.69 Å². The van der Waals surface area contributed by atoms with Crippen molar-refractivity contribution in [2.45, 2.75) is 11.4 Å². The number of carbonyl (C=O) groups is 5. The lowest BCUT2D eigenvalue weighted by Crippen LogP contribution is -2.71. The van der Waals surface area contributed by atoms with Gasteiger partial charge in [0.2, 0.25) is 6.41 Å². The molecule has 2 atom stereocenters. The number of nitrogens with two attached hydrogens (primary N) is 1. The minimum atomic E-state index is -1.38. The van der Waals surface area contributed by atoms with Crippen LogP contribution in [-0.4, -0.2) is 81.9 Å². The van der Waals surface area contributed by atoms with E-state index >= 15 is 0 Å². The predicted octanol–water partition coefficient (Wildman–Crippen LogP) is -0.342. The molecule has 3 heterocycles. The number of anilines is 1. The second kappa shape index (κ2) is 10.2. The zero-order chi connectivity index (χ0) is 24.3. The van der Waals surface area contributed by atoms with Gasteiger partial charge in [-0.1, -0.05) is 16.5 Å². The monoisotopic (exact) mass is 562 g/mol. The smallest absolute Gasteiger partial charge is 0.404 e. The number of hydrogen-bond donors (Lipinski definition) is 4. The largest absolute Gasteiger partial charge is 0.477 e. The molecule has 2 aliphatic rings. The van der Waals surface area contributed by atoms with Crippen molar-refractivity contribution in [3.63, 3.8) is 0 Å². The third kappa shape index (κ3) is 4.93. The number of amides is 4. The van der Waals surface area contributed by atoms with Gasteiger partial charge in [-0.05, 0) is 15.9 Å². The minimum Gasteiger partial charge on any atom is -0.477 e. The van der Waals surface area contributed by atoms with E-state index in [0.717, 1.165) is 16.2 Å². The molecule has 5 N–H and O–H groups in total. The fourth-order valence-electron chi connectivity index (χ4n) is 3.01. The van der Waals surface area contributed by atoms with Crippen LogP contribution in [0.15, 0.2) is 20.2 Å². The second-order valence-corrected chi connectivity index (χ2v) is 9.67. The van der Waals surface area contributed by atoms with E-state index in [-0.39, 0.29) is 40.2 Å². The SMILES string of the molecule is CON=C(C(=O)NC1C(=O)N2C(C(=O)O)=C(COC(N)=O)CS[C@H]12)c1nc(NC=O)sc1Br. The van der Waals surface area contributed by atoms with Gasteiger partial charge in [-0.2, -0.15) is 0 Å². The maximum Gasteiger partial charge on any atom is 0.404 e. The van der Waals surface area contributed by atoms with Crippen LogP contribution in [0.2, 0.25) is 0 Å². The summed E-state index contributed by atoms with van der Waals surface area (Å²) in [5, 5.41) is 17.6. The van der Waals surface area contributed by atoms with E-state index in [1.807, 2.05) is 0 Å². The van der Waals surface area contributed by atoms with E-state index in [1.54, 1.807) is 0 Å². The molecule has 0 aliphatic carbocycles. The van der Waals surface area contributed by atoms with E-state index in [4.69, 9.17) is 10.6 Å². The molecule has 14 nitrogen and oxygen atoms in total. The Bertz CT molecular complexity index is 1090. The number of aliphatic carboxylic acids is 1. The Labute approximate surface area is 201 Å². The molecule has 1 unspecified atom stereocenters. The molecule has 1 aromatic heterocycles. The van der Waals surface area contributed by atoms with Crippen LogP contribution in [0.3, 0.4) is 0 Å². The molecule has 0 aromatic carbocycles. The Morgan fingerprint density at radius 3 is 2.79 bits per heavy atom. The Balaban J connectivity index is 1.79. The lowest BCUT2D eigenvalue weighted by Gasteiger charge is -2.49. The van der Waals surface area contributed by atoms with E-state index in [1.165, 1.54) is 18.9 Å². The van der Waals surface area contributed by atoms with Gasteiger partial charge in [-0.25, -0.2) is 14.6 Å². The Morgan fingerprint density at radius 1 is 1.45 bits per heavy atom. The number of carboxylic acids is 1. The summed E-state index contributed by atoms with van der Waals surface area (Å²) in [5.41, 5.74) is 4.60. The zero-order valence-corrected chi connectivity index (χ0v) is 19.8. The molecule has 1 aromatic rings. The summed E-state index contributed by atoms with van der Waals surface area (Å²) in [6, 6.07) is -1.05. The standard InChI is InChI=1S/C16H15BrN6O8S2/c1-30-22-7(6-10(17)33-16(21-6)19-4-24)11(25)20-8-12(26)23-9(14(27)28)5(2-31-15(18)29)3-32-13(8)23/h4,8,13H,2-3H2,1H3,(H2,18,29)(H,20,25)(H,27,28)(H,19,21,24)/t8?,13-/m1/s1. The number of nitrogens with one attached hydrogen (secondary N) is 2. The number of thiazole rings is 1. The van der Waals surface area contributed by atoms with Gasteiger partial charge in [0.25, 0.3) is 11.8 Å². The van der Waals surface area contributed by atoms with Crippen LogP contribution in [0.4, 0.5) is 9.93 Å². The first kappa shape index (κ1) is 24.5. The number of carbonyl (C=O) groups excluding carboxylic acids is 4. The lowest BCUT2D eigenvalue weighted by atomic mass is 10.0. The predicted molar refractivity (Wildman–Crippen MR) is 118 cm³/mol. The molecule has 17 heteroatoms. The minimum absolute atomic E-state index is 0.0700. The summed E-state index contributed by atoms with van der Waals surface area (Å²) in [5.74, 6) is -2.73. The van der Waals surface area contributed by atoms with Crippen molar-refractivity contribution in [1.82, 2.24) is 15.2 Å². The van der Waals surface area contributed by atoms with Crippen LogP contribution >= 0.6 is 39.0 Å². The highest BCUT2D eigenvalue weighted by atomic mass is 79.9. The molecule has 1 fully saturated rings. The van der Waals surface area contributed by atoms with Gasteiger partial charge < -0.3 is 31.0 Å². The normalized spacial score (nSPS) is 19.9. The maximum atomic E-state index is 12.9. The number of aromatic nitrogens is 1. The highest BCUT2D eigenvalue weighted by Crippen LogP contribution is 2.40. The highest BCUT2D eigenvalue weighted by molar-refractivity contribution is 9.11. The molecule has 4 amide bonds. The van der Waals surface area contributed by atoms with Crippen LogP contribution in [0, 0.1) is 0 Å². The summed E-state index contributed by atoms with van der Waals surface area (Å²) >= 11 is 5.44. The number of fused-ring (bicyclic) bond motifs is 1. The molecular weight excluding hydrogens is 548 g/mol. The fraction of sp³-hybridized carbons (Fsp3) is 0.312. The maximum absolute atomic E-state index is 12.9. The summed E-state index contributed by atoms with van der Waals surface area (Å²) in [7, 11) is 1.21. The fourth-order valence-corrected chi connectivity index (χ4v) is 5.72. The van der Waals surface area contributed by atoms with Crippen molar-refractivity contribution >= 4 is 80.2 Å². The van der Waals surface area contributed by atoms with Crippen molar-refractivity contribution < 1.29 is 38.7 Å². The summed E-state index contributed by atoms with van der Waals surface area (Å²) in [6.07, 6.45) is -0.662. The first-order valence-electron chi connectivity index (χ1n) is 8.80. The molecule has 176 valence electrons. The van der Waals surface area contributed by atoms with Crippen molar-refractivity contribution in [1.29, 1.82) is 0 Å². The Kier molecular flexibility index (Phi) is 7.54. The highest BCUT2D eigenvalue weighted by Gasteiger charge is 2.54. The van der Waals surface area contributed by atoms with Gasteiger partial charge >= 0.3 is 12.1 Å². The molecule has 0 radical (unpaired) electrons. The Morgan fingerprint density at radius 2 is 2.18 bits per heavy atom. The number of hydrogen-bond acceptors (Lipinski definition) is 11. The summed E-state index contributed by atoms with van der Waals surface area (Å²) < 4.78 is 5.04. The van der Waals surface area contributed by atoms with E-state index < -0.39 is 35.3 Å². The van der Waals surface area contributed by atoms with Gasteiger partial charge in [0.1, 0.15) is 40.3 Å². The van der Waals surface area contributed by atoms with Crippen LogP contribution in [-0.2, 0) is 28.8 Å². The third-order valence-electron chi connectivity index (χ3n) is 4.32. The number of primary amides is 1. The van der Waals surface area contributed by atoms with Crippen molar-refractivity contribution in [2.75, 3.05) is 24.8 Å². The first-order valence-corrected chi connectivity index (χ1v) is 11.5. The average molecular weight is 563 g/mol. The number of thioether (sulfide) groups is 1. The summed E-state index contributed by atoms with van der Waals surface area (Å²) in [4.78, 5) is 68.7. The molecule has 33 heavy (non-hydrogen) atoms. The first-order chi connectivity index (χ1) is 15.7. The van der Waals surface area contributed by atoms with Gasteiger partial charge in [0.05, 0.1) is 0 Å². The number of halogens is 1. The van der Waals surface area contributed by atoms with Gasteiger partial charge in [0, 0.05) is 11.3 Å². The van der Waals surface area contributed by atoms with Crippen LogP contribution in [0.5, 0.6) is 0 Å².